The van der Waals surface area contributed by atoms with Crippen LogP contribution in [-0.4, -0.2) is 139 Å². The number of nitrogens with zero attached hydrogens (tertiary/aromatic N) is 9. The molecule has 3 aromatic carbocycles. The summed E-state index contributed by atoms with van der Waals surface area (Å²) >= 11 is 1.60. The van der Waals surface area contributed by atoms with E-state index in [1.165, 1.54) is 0 Å². The molecule has 81 heavy (non-hydrogen) atoms. The molecular weight excluding hydrogens is 1050 g/mol. The molecule has 4 unspecified atom stereocenters. The van der Waals surface area contributed by atoms with Crippen molar-refractivity contribution in [3.63, 3.8) is 0 Å². The number of pyridine rings is 1. The van der Waals surface area contributed by atoms with Gasteiger partial charge in [-0.1, -0.05) is 56.3 Å². The lowest BCUT2D eigenvalue weighted by atomic mass is 9.81. The van der Waals surface area contributed by atoms with Gasteiger partial charge in [-0.25, -0.2) is 14.2 Å². The Kier molecular flexibility index (Phi) is 15.6. The van der Waals surface area contributed by atoms with Crippen LogP contribution in [0.2, 0.25) is 0 Å². The zero-order chi connectivity index (χ0) is 56.7. The number of phenols is 1. The number of aryl methyl sites for hydroxylation is 2. The fourth-order valence-corrected chi connectivity index (χ4v) is 12.9. The number of hydrogen-bond acceptors (Lipinski definition) is 16. The van der Waals surface area contributed by atoms with Crippen molar-refractivity contribution in [3.05, 3.63) is 101 Å². The Morgan fingerprint density at radius 1 is 0.975 bits per heavy atom. The topological polar surface area (TPSA) is 202 Å². The van der Waals surface area contributed by atoms with Gasteiger partial charge in [0, 0.05) is 49.4 Å². The Morgan fingerprint density at radius 2 is 1.74 bits per heavy atom. The highest BCUT2D eigenvalue weighted by Crippen LogP contribution is 2.41. The number of halogens is 1. The molecule has 4 saturated heterocycles. The molecule has 11 rings (SSSR count). The molecule has 20 heteroatoms. The lowest BCUT2D eigenvalue weighted by molar-refractivity contribution is -0.138. The fourth-order valence-electron chi connectivity index (χ4n) is 12.1. The van der Waals surface area contributed by atoms with Gasteiger partial charge < -0.3 is 39.0 Å². The molecule has 18 nitrogen and oxygen atoms in total. The molecule has 2 bridgehead atoms. The number of benzene rings is 3. The van der Waals surface area contributed by atoms with Gasteiger partial charge in [0.15, 0.2) is 5.82 Å². The summed E-state index contributed by atoms with van der Waals surface area (Å²) in [6, 6.07) is 17.8. The van der Waals surface area contributed by atoms with Crippen molar-refractivity contribution < 1.29 is 42.6 Å². The Morgan fingerprint density at radius 3 is 2.46 bits per heavy atom. The number of carbonyl (C=O) groups is 3. The standard InChI is InChI=1S/C61H71FN10O8S/c1-8-38-11-9-12-41-27-44(73)28-46(51(38)41)53-52(62)54-47(31-63-53)56(70-32-42-18-19-43(33-70)72(42)59(76)79-60(4,5)6)67-58(66-54)77-26-25-69-23-20-61(7,21-24-69)34-78-49-29-45(80-68-49)30-50(74)71-22-10-13-48(71)57(75)65-36(2)39-14-16-40(17-15-39)55-37(3)64-35-81-55/h9,11-12,14-17,27-29,31,35-36,42-43,48,73H,8,10,13,18-26,30,32-34H2,1-7H3,(H,65,75). The molecule has 2 N–H and O–H groups in total. The number of likely N-dealkylation sites (tertiary alicyclic amines) is 2. The van der Waals surface area contributed by atoms with Crippen LogP contribution >= 0.6 is 11.3 Å². The van der Waals surface area contributed by atoms with Gasteiger partial charge in [-0.05, 0) is 137 Å². The molecule has 0 aliphatic carbocycles. The molecule has 4 fully saturated rings. The van der Waals surface area contributed by atoms with Crippen molar-refractivity contribution in [2.75, 3.05) is 57.4 Å². The Bertz CT molecular complexity index is 3450. The van der Waals surface area contributed by atoms with E-state index in [-0.39, 0.29) is 77.4 Å². The van der Waals surface area contributed by atoms with Crippen LogP contribution in [0.5, 0.6) is 17.6 Å². The number of aromatic hydroxyl groups is 1. The normalized spacial score (nSPS) is 19.6. The van der Waals surface area contributed by atoms with E-state index in [1.807, 2.05) is 94.4 Å². The summed E-state index contributed by atoms with van der Waals surface area (Å²) in [6.45, 7) is 18.0. The summed E-state index contributed by atoms with van der Waals surface area (Å²) in [5, 5.41) is 20.1. The second-order valence-corrected chi connectivity index (χ2v) is 24.4. The average molecular weight is 1120 g/mol. The van der Waals surface area contributed by atoms with Crippen LogP contribution in [0.1, 0.15) is 109 Å². The third-order valence-corrected chi connectivity index (χ3v) is 17.5. The zero-order valence-corrected chi connectivity index (χ0v) is 48.0. The largest absolute Gasteiger partial charge is 0.508 e. The van der Waals surface area contributed by atoms with Gasteiger partial charge in [0.2, 0.25) is 11.8 Å². The summed E-state index contributed by atoms with van der Waals surface area (Å²) in [4.78, 5) is 68.4. The maximum absolute atomic E-state index is 17.4. The minimum atomic E-state index is -0.647. The SMILES string of the molecule is CCc1cccc2cc(O)cc(-c3ncc4c(N5CC6CCC(C5)N6C(=O)OC(C)(C)C)nc(OCCN5CCC(C)(COc6cc(CC(=O)N7CCCC7C(=O)NC(C)c7ccc(-c8scnc8C)cc7)on6)CC5)nc4c3F)c12. The van der Waals surface area contributed by atoms with Crippen molar-refractivity contribution >= 4 is 56.7 Å². The first-order valence-electron chi connectivity index (χ1n) is 28.3. The van der Waals surface area contributed by atoms with Gasteiger partial charge in [0.05, 0.1) is 52.6 Å². The molecule has 426 valence electrons. The molecule has 7 aromatic rings. The maximum Gasteiger partial charge on any atom is 0.410 e. The first-order valence-corrected chi connectivity index (χ1v) is 29.2. The lowest BCUT2D eigenvalue weighted by Gasteiger charge is -2.42. The lowest BCUT2D eigenvalue weighted by Crippen LogP contribution is -2.57. The van der Waals surface area contributed by atoms with Crippen molar-refractivity contribution in [3.8, 4) is 39.3 Å². The second kappa shape index (κ2) is 22.8. The number of amides is 3. The van der Waals surface area contributed by atoms with Crippen LogP contribution < -0.4 is 19.7 Å². The Balaban J connectivity index is 0.707. The predicted molar refractivity (Wildman–Crippen MR) is 307 cm³/mol. The highest BCUT2D eigenvalue weighted by molar-refractivity contribution is 7.13. The van der Waals surface area contributed by atoms with Gasteiger partial charge in [-0.2, -0.15) is 9.97 Å². The predicted octanol–water partition coefficient (Wildman–Crippen LogP) is 10.2. The van der Waals surface area contributed by atoms with Crippen LogP contribution in [0.3, 0.4) is 0 Å². The highest BCUT2D eigenvalue weighted by Gasteiger charge is 2.45. The van der Waals surface area contributed by atoms with Crippen molar-refractivity contribution in [2.24, 2.45) is 5.41 Å². The molecule has 0 spiro atoms. The van der Waals surface area contributed by atoms with Crippen LogP contribution in [-0.2, 0) is 27.2 Å². The number of aromatic nitrogens is 5. The number of thiazole rings is 1. The van der Waals surface area contributed by atoms with Gasteiger partial charge >= 0.3 is 12.1 Å². The summed E-state index contributed by atoms with van der Waals surface area (Å²) in [5.74, 6) is 0.138. The van der Waals surface area contributed by atoms with E-state index in [0.717, 1.165) is 83.2 Å². The van der Waals surface area contributed by atoms with Gasteiger partial charge in [-0.3, -0.25) is 24.4 Å². The molecule has 3 amide bonds. The van der Waals surface area contributed by atoms with E-state index >= 15 is 4.39 Å². The van der Waals surface area contributed by atoms with Crippen LogP contribution in [0.4, 0.5) is 15.0 Å². The molecular formula is C61H71FN10O8S. The Hall–Kier alpha value is -7.45. The third-order valence-electron chi connectivity index (χ3n) is 16.5. The number of piperidine rings is 1. The van der Waals surface area contributed by atoms with Crippen molar-refractivity contribution in [1.29, 1.82) is 0 Å². The molecule has 4 atom stereocenters. The highest BCUT2D eigenvalue weighted by atomic mass is 32.1. The molecule has 4 aliphatic heterocycles. The number of nitrogens with one attached hydrogen (secondary N) is 1. The Labute approximate surface area is 475 Å². The van der Waals surface area contributed by atoms with E-state index in [0.29, 0.717) is 74.0 Å². The summed E-state index contributed by atoms with van der Waals surface area (Å²) < 4.78 is 41.3. The summed E-state index contributed by atoms with van der Waals surface area (Å²) in [6.07, 6.45) is 6.53. The van der Waals surface area contributed by atoms with E-state index in [1.54, 1.807) is 40.6 Å². The second-order valence-electron chi connectivity index (χ2n) is 23.5. The molecule has 0 radical (unpaired) electrons. The molecule has 0 saturated carbocycles. The van der Waals surface area contributed by atoms with Gasteiger partial charge in [0.1, 0.15) is 46.8 Å². The zero-order valence-electron chi connectivity index (χ0n) is 47.2. The van der Waals surface area contributed by atoms with Gasteiger partial charge in [-0.15, -0.1) is 11.3 Å². The number of carbonyl (C=O) groups excluding carboxylic acids is 3. The summed E-state index contributed by atoms with van der Waals surface area (Å²) in [5.41, 5.74) is 5.68. The maximum atomic E-state index is 17.4. The number of ether oxygens (including phenoxy) is 3. The minimum Gasteiger partial charge on any atom is -0.508 e. The fraction of sp³-hybridized carbons (Fsp3) is 0.475. The smallest absolute Gasteiger partial charge is 0.410 e. The molecule has 4 aliphatic rings. The number of phenolic OH excluding ortho intramolecular Hbond substituents is 1. The number of hydrogen-bond donors (Lipinski definition) is 2. The van der Waals surface area contributed by atoms with E-state index in [4.69, 9.17) is 33.7 Å². The first kappa shape index (κ1) is 55.5. The van der Waals surface area contributed by atoms with E-state index in [9.17, 15) is 19.5 Å². The van der Waals surface area contributed by atoms with Crippen molar-refractivity contribution in [2.45, 2.75) is 130 Å². The number of anilines is 1. The number of fused-ring (bicyclic) bond motifs is 4. The van der Waals surface area contributed by atoms with Crippen LogP contribution in [0.15, 0.2) is 76.9 Å². The molecule has 4 aromatic heterocycles. The van der Waals surface area contributed by atoms with Crippen LogP contribution in [0.25, 0.3) is 43.4 Å². The first-order chi connectivity index (χ1) is 38.9. The van der Waals surface area contributed by atoms with Gasteiger partial charge in [0.25, 0.3) is 5.88 Å². The average Bonchev–Trinajstić information content (AvgIpc) is 4.34. The van der Waals surface area contributed by atoms with E-state index < -0.39 is 17.5 Å². The minimum absolute atomic E-state index is 0.000972. The number of piperazine rings is 1. The third kappa shape index (κ3) is 11.9. The monoisotopic (exact) mass is 1120 g/mol. The van der Waals surface area contributed by atoms with E-state index in [2.05, 4.69) is 32.2 Å². The summed E-state index contributed by atoms with van der Waals surface area (Å²) in [7, 11) is 0. The molecule has 8 heterocycles. The van der Waals surface area contributed by atoms with Crippen LogP contribution in [0, 0.1) is 18.2 Å². The quantitative estimate of drug-likeness (QED) is 0.0925. The van der Waals surface area contributed by atoms with Crippen molar-refractivity contribution in [1.82, 2.24) is 45.1 Å². The number of rotatable bonds is 16.